The average molecular weight is 300 g/mol. The van der Waals surface area contributed by atoms with Gasteiger partial charge in [0.15, 0.2) is 0 Å². The predicted octanol–water partition coefficient (Wildman–Crippen LogP) is 2.19. The number of hydrogen-bond acceptors (Lipinski definition) is 6. The molecule has 0 aliphatic heterocycles. The smallest absolute Gasteiger partial charge is 0.231 e. The summed E-state index contributed by atoms with van der Waals surface area (Å²) in [6.07, 6.45) is 1.43. The van der Waals surface area contributed by atoms with Gasteiger partial charge in [-0.2, -0.15) is 0 Å². The minimum absolute atomic E-state index is 0.174. The summed E-state index contributed by atoms with van der Waals surface area (Å²) in [7, 11) is 5.78. The molecule has 2 unspecified atom stereocenters. The van der Waals surface area contributed by atoms with Crippen molar-refractivity contribution in [2.75, 3.05) is 0 Å². The molecule has 2 atom stereocenters. The largest absolute Gasteiger partial charge is 0.369 e. The van der Waals surface area contributed by atoms with E-state index >= 15 is 0 Å². The van der Waals surface area contributed by atoms with E-state index in [1.54, 1.807) is 0 Å². The second-order valence-corrected chi connectivity index (χ2v) is 9.14. The van der Waals surface area contributed by atoms with Crippen LogP contribution in [0.15, 0.2) is 0 Å². The Labute approximate surface area is 111 Å². The first-order chi connectivity index (χ1) is 7.52. The van der Waals surface area contributed by atoms with E-state index in [-0.39, 0.29) is 22.3 Å². The Kier molecular flexibility index (Phi) is 9.58. The lowest BCUT2D eigenvalue weighted by Crippen LogP contribution is -2.24. The number of rotatable bonds is 9. The monoisotopic (exact) mass is 300 g/mol. The summed E-state index contributed by atoms with van der Waals surface area (Å²) in [6.45, 7) is 3.83. The van der Waals surface area contributed by atoms with Crippen LogP contribution in [0, 0.1) is 0 Å². The maximum absolute atomic E-state index is 10.9. The quantitative estimate of drug-likeness (QED) is 0.501. The second-order valence-electron chi connectivity index (χ2n) is 2.93. The molecular formula is C8H16N2O2S4. The minimum atomic E-state index is -0.299. The molecule has 0 saturated carbocycles. The number of amides is 2. The highest BCUT2D eigenvalue weighted by Gasteiger charge is 2.17. The normalized spacial score (nSPS) is 14.4. The Morgan fingerprint density at radius 1 is 0.938 bits per heavy atom. The molecule has 8 heteroatoms. The Hall–Kier alpha value is 0.340. The molecule has 0 fully saturated rings. The summed E-state index contributed by atoms with van der Waals surface area (Å²) in [5.41, 5.74) is 10.4. The molecule has 94 valence electrons. The first-order valence-corrected chi connectivity index (χ1v) is 9.71. The van der Waals surface area contributed by atoms with Crippen LogP contribution in [-0.4, -0.2) is 22.3 Å². The van der Waals surface area contributed by atoms with Gasteiger partial charge in [0.25, 0.3) is 0 Å². The SMILES string of the molecule is CCC(SSSSC(CC)C(N)=O)C(N)=O. The topological polar surface area (TPSA) is 86.2 Å². The van der Waals surface area contributed by atoms with Crippen LogP contribution in [-0.2, 0) is 9.59 Å². The fraction of sp³-hybridized carbons (Fsp3) is 0.750. The van der Waals surface area contributed by atoms with E-state index in [1.165, 1.54) is 41.2 Å². The van der Waals surface area contributed by atoms with Crippen molar-refractivity contribution >= 4 is 53.1 Å². The van der Waals surface area contributed by atoms with Crippen LogP contribution in [0.2, 0.25) is 0 Å². The van der Waals surface area contributed by atoms with Crippen molar-refractivity contribution in [3.63, 3.8) is 0 Å². The molecule has 0 rings (SSSR count). The van der Waals surface area contributed by atoms with Gasteiger partial charge < -0.3 is 11.5 Å². The number of nitrogens with two attached hydrogens (primary N) is 2. The van der Waals surface area contributed by atoms with Gasteiger partial charge in [0.1, 0.15) is 0 Å². The third-order valence-corrected chi connectivity index (χ3v) is 8.97. The maximum Gasteiger partial charge on any atom is 0.231 e. The molecule has 2 amide bonds. The van der Waals surface area contributed by atoms with Crippen LogP contribution in [0.3, 0.4) is 0 Å². The van der Waals surface area contributed by atoms with Crippen LogP contribution in [0.1, 0.15) is 26.7 Å². The highest BCUT2D eigenvalue weighted by molar-refractivity contribution is 9.26. The Morgan fingerprint density at radius 3 is 1.44 bits per heavy atom. The highest BCUT2D eigenvalue weighted by atomic mass is 33.7. The average Bonchev–Trinajstić information content (AvgIpc) is 2.22. The van der Waals surface area contributed by atoms with E-state index in [0.717, 1.165) is 0 Å². The van der Waals surface area contributed by atoms with Gasteiger partial charge in [-0.15, -0.1) is 0 Å². The minimum Gasteiger partial charge on any atom is -0.369 e. The summed E-state index contributed by atoms with van der Waals surface area (Å²) in [4.78, 5) is 21.8. The number of hydrogen-bond donors (Lipinski definition) is 2. The molecule has 0 aromatic heterocycles. The molecule has 0 aromatic rings. The molecule has 0 saturated heterocycles. The molecule has 4 nitrogen and oxygen atoms in total. The van der Waals surface area contributed by atoms with Crippen LogP contribution in [0.4, 0.5) is 0 Å². The first-order valence-electron chi connectivity index (χ1n) is 4.77. The Morgan fingerprint density at radius 2 is 1.25 bits per heavy atom. The van der Waals surface area contributed by atoms with Crippen molar-refractivity contribution in [1.29, 1.82) is 0 Å². The molecule has 0 bridgehead atoms. The molecular weight excluding hydrogens is 284 g/mol. The summed E-state index contributed by atoms with van der Waals surface area (Å²) in [6, 6.07) is 0. The summed E-state index contributed by atoms with van der Waals surface area (Å²) in [5, 5.41) is -0.349. The summed E-state index contributed by atoms with van der Waals surface area (Å²) < 4.78 is 0. The van der Waals surface area contributed by atoms with Crippen molar-refractivity contribution in [3.8, 4) is 0 Å². The molecule has 0 spiro atoms. The van der Waals surface area contributed by atoms with Crippen LogP contribution >= 0.6 is 41.2 Å². The lowest BCUT2D eigenvalue weighted by Gasteiger charge is -2.10. The van der Waals surface area contributed by atoms with E-state index in [9.17, 15) is 9.59 Å². The molecule has 0 radical (unpaired) electrons. The van der Waals surface area contributed by atoms with Gasteiger partial charge in [0.05, 0.1) is 10.5 Å². The van der Waals surface area contributed by atoms with Crippen molar-refractivity contribution in [1.82, 2.24) is 0 Å². The molecule has 0 heterocycles. The fourth-order valence-corrected chi connectivity index (χ4v) is 7.64. The standard InChI is InChI=1S/C8H16N2O2S4/c1-3-5(7(9)11)13-15-16-14-6(4-2)8(10)12/h5-6H,3-4H2,1-2H3,(H2,9,11)(H2,10,12). The number of carbonyl (C=O) groups excluding carboxylic acids is 2. The van der Waals surface area contributed by atoms with E-state index in [0.29, 0.717) is 12.8 Å². The van der Waals surface area contributed by atoms with Gasteiger partial charge >= 0.3 is 0 Å². The number of primary amides is 2. The maximum atomic E-state index is 10.9. The van der Waals surface area contributed by atoms with E-state index < -0.39 is 0 Å². The molecule has 0 aromatic carbocycles. The molecule has 16 heavy (non-hydrogen) atoms. The van der Waals surface area contributed by atoms with Crippen molar-refractivity contribution < 1.29 is 9.59 Å². The lowest BCUT2D eigenvalue weighted by atomic mass is 10.3. The Balaban J connectivity index is 3.73. The third kappa shape index (κ3) is 6.82. The first kappa shape index (κ1) is 16.3. The van der Waals surface area contributed by atoms with Crippen LogP contribution in [0.25, 0.3) is 0 Å². The fourth-order valence-electron chi connectivity index (χ4n) is 0.760. The molecule has 4 N–H and O–H groups in total. The number of carbonyl (C=O) groups is 2. The highest BCUT2D eigenvalue weighted by Crippen LogP contribution is 2.47. The van der Waals surface area contributed by atoms with Gasteiger partial charge in [0, 0.05) is 0 Å². The van der Waals surface area contributed by atoms with Crippen LogP contribution in [0.5, 0.6) is 0 Å². The third-order valence-electron chi connectivity index (χ3n) is 1.71. The molecule has 0 aliphatic carbocycles. The van der Waals surface area contributed by atoms with E-state index in [1.807, 2.05) is 13.8 Å². The zero-order valence-corrected chi connectivity index (χ0v) is 12.4. The lowest BCUT2D eigenvalue weighted by molar-refractivity contribution is -0.118. The summed E-state index contributed by atoms with van der Waals surface area (Å²) in [5.74, 6) is -0.597. The van der Waals surface area contributed by atoms with Gasteiger partial charge in [-0.3, -0.25) is 9.59 Å². The van der Waals surface area contributed by atoms with Gasteiger partial charge in [-0.05, 0) is 32.5 Å². The Bertz CT molecular complexity index is 216. The van der Waals surface area contributed by atoms with Crippen molar-refractivity contribution in [3.05, 3.63) is 0 Å². The van der Waals surface area contributed by atoms with Crippen LogP contribution < -0.4 is 11.5 Å². The zero-order valence-electron chi connectivity index (χ0n) is 9.17. The van der Waals surface area contributed by atoms with Gasteiger partial charge in [0.2, 0.25) is 11.8 Å². The zero-order chi connectivity index (χ0) is 12.6. The predicted molar refractivity (Wildman–Crippen MR) is 76.9 cm³/mol. The van der Waals surface area contributed by atoms with Crippen molar-refractivity contribution in [2.45, 2.75) is 37.2 Å². The van der Waals surface area contributed by atoms with E-state index in [2.05, 4.69) is 0 Å². The van der Waals surface area contributed by atoms with Gasteiger partial charge in [-0.25, -0.2) is 0 Å². The van der Waals surface area contributed by atoms with E-state index in [4.69, 9.17) is 11.5 Å². The second kappa shape index (κ2) is 9.38. The summed E-state index contributed by atoms with van der Waals surface area (Å²) >= 11 is 0. The van der Waals surface area contributed by atoms with Crippen molar-refractivity contribution in [2.24, 2.45) is 11.5 Å². The van der Waals surface area contributed by atoms with Gasteiger partial charge in [-0.1, -0.05) is 35.4 Å². The molecule has 0 aliphatic rings.